The van der Waals surface area contributed by atoms with Crippen molar-refractivity contribution in [3.63, 3.8) is 0 Å². The van der Waals surface area contributed by atoms with Gasteiger partial charge in [-0.1, -0.05) is 26.0 Å². The Kier molecular flexibility index (Phi) is 5.81. The lowest BCUT2D eigenvalue weighted by Gasteiger charge is -2.38. The summed E-state index contributed by atoms with van der Waals surface area (Å²) in [6.45, 7) is 4.02. The number of amides is 2. The van der Waals surface area contributed by atoms with Gasteiger partial charge in [-0.25, -0.2) is 0 Å². The Balaban J connectivity index is 1.71. The molecular weight excluding hydrogens is 376 g/mol. The van der Waals surface area contributed by atoms with E-state index >= 15 is 0 Å². The van der Waals surface area contributed by atoms with E-state index < -0.39 is 35.3 Å². The fourth-order valence-corrected chi connectivity index (χ4v) is 3.21. The van der Waals surface area contributed by atoms with E-state index in [2.05, 4.69) is 5.32 Å². The van der Waals surface area contributed by atoms with E-state index in [4.69, 9.17) is 9.84 Å². The van der Waals surface area contributed by atoms with E-state index in [0.29, 0.717) is 5.92 Å². The van der Waals surface area contributed by atoms with E-state index in [1.165, 1.54) is 17.7 Å². The minimum Gasteiger partial charge on any atom is -0.511 e. The van der Waals surface area contributed by atoms with Gasteiger partial charge in [0.25, 0.3) is 11.8 Å². The van der Waals surface area contributed by atoms with Crippen molar-refractivity contribution in [3.05, 3.63) is 41.2 Å². The molecule has 1 aromatic carbocycles. The summed E-state index contributed by atoms with van der Waals surface area (Å²) in [5, 5.41) is 21.3. The molecule has 1 heterocycles. The van der Waals surface area contributed by atoms with E-state index in [9.17, 15) is 19.5 Å². The van der Waals surface area contributed by atoms with Gasteiger partial charge in [0, 0.05) is 18.5 Å². The lowest BCUT2D eigenvalue weighted by molar-refractivity contribution is -0.139. The molecule has 0 unspecified atom stereocenters. The molecule has 0 aromatic heterocycles. The second-order valence-electron chi connectivity index (χ2n) is 8.24. The van der Waals surface area contributed by atoms with Crippen LogP contribution in [-0.2, 0) is 20.9 Å². The molecule has 156 valence electrons. The number of nitrogens with one attached hydrogen (secondary N) is 1. The molecule has 1 aliphatic heterocycles. The van der Waals surface area contributed by atoms with Gasteiger partial charge >= 0.3 is 5.97 Å². The molecule has 2 aliphatic rings. The smallest absolute Gasteiger partial charge is 0.322 e. The molecule has 1 saturated carbocycles. The van der Waals surface area contributed by atoms with Crippen molar-refractivity contribution < 1.29 is 29.3 Å². The molecular formula is C21H26N2O6. The molecule has 1 aliphatic carbocycles. The summed E-state index contributed by atoms with van der Waals surface area (Å²) in [6, 6.07) is 7.44. The maximum absolute atomic E-state index is 12.8. The van der Waals surface area contributed by atoms with Crippen LogP contribution in [0.5, 0.6) is 5.75 Å². The summed E-state index contributed by atoms with van der Waals surface area (Å²) in [5.74, 6) is -1.65. The number of carbonyl (C=O) groups excluding carboxylic acids is 2. The van der Waals surface area contributed by atoms with E-state index in [0.717, 1.165) is 17.9 Å². The third-order valence-corrected chi connectivity index (χ3v) is 5.07. The van der Waals surface area contributed by atoms with Crippen molar-refractivity contribution >= 4 is 17.8 Å². The summed E-state index contributed by atoms with van der Waals surface area (Å²) in [6.07, 6.45) is 2.43. The van der Waals surface area contributed by atoms with Gasteiger partial charge in [-0.05, 0) is 36.5 Å². The lowest BCUT2D eigenvalue weighted by Crippen LogP contribution is -2.49. The fraction of sp³-hybridized carbons (Fsp3) is 0.476. The van der Waals surface area contributed by atoms with Crippen LogP contribution in [0.3, 0.4) is 0 Å². The van der Waals surface area contributed by atoms with Crippen molar-refractivity contribution in [3.8, 4) is 5.75 Å². The zero-order chi connectivity index (χ0) is 21.2. The molecule has 3 N–H and O–H groups in total. The zero-order valence-corrected chi connectivity index (χ0v) is 16.6. The van der Waals surface area contributed by atoms with E-state index in [1.807, 2.05) is 24.3 Å². The van der Waals surface area contributed by atoms with E-state index in [1.54, 1.807) is 13.8 Å². The van der Waals surface area contributed by atoms with Gasteiger partial charge in [0.1, 0.15) is 23.6 Å². The number of nitrogens with zero attached hydrogens (tertiary/aromatic N) is 1. The van der Waals surface area contributed by atoms with Crippen molar-refractivity contribution in [2.75, 3.05) is 19.7 Å². The highest BCUT2D eigenvalue weighted by Gasteiger charge is 2.42. The molecule has 29 heavy (non-hydrogen) atoms. The van der Waals surface area contributed by atoms with Gasteiger partial charge in [-0.15, -0.1) is 0 Å². The zero-order valence-electron chi connectivity index (χ0n) is 16.6. The number of hydrogen-bond acceptors (Lipinski definition) is 5. The molecule has 0 atom stereocenters. The SMILES string of the molecule is CC1(C)CN(Cc2ccc(OCC3CC3)cc2)C(=O)C(C(=O)NCC(=O)O)=C1O. The van der Waals surface area contributed by atoms with Gasteiger partial charge in [0.15, 0.2) is 0 Å². The second-order valence-corrected chi connectivity index (χ2v) is 8.24. The highest BCUT2D eigenvalue weighted by molar-refractivity contribution is 6.19. The first-order valence-electron chi connectivity index (χ1n) is 9.62. The first-order chi connectivity index (χ1) is 13.7. The van der Waals surface area contributed by atoms with Crippen LogP contribution >= 0.6 is 0 Å². The van der Waals surface area contributed by atoms with Crippen LogP contribution in [0, 0.1) is 11.3 Å². The highest BCUT2D eigenvalue weighted by atomic mass is 16.5. The maximum Gasteiger partial charge on any atom is 0.322 e. The molecule has 1 fully saturated rings. The normalized spacial score (nSPS) is 18.6. The Labute approximate surface area is 169 Å². The first kappa shape index (κ1) is 20.7. The van der Waals surface area contributed by atoms with Crippen LogP contribution in [0.25, 0.3) is 0 Å². The predicted octanol–water partition coefficient (Wildman–Crippen LogP) is 1.86. The Bertz CT molecular complexity index is 839. The summed E-state index contributed by atoms with van der Waals surface area (Å²) in [4.78, 5) is 37.3. The predicted molar refractivity (Wildman–Crippen MR) is 104 cm³/mol. The number of hydrogen-bond donors (Lipinski definition) is 3. The first-order valence-corrected chi connectivity index (χ1v) is 9.62. The molecule has 8 heteroatoms. The molecule has 0 spiro atoms. The summed E-state index contributed by atoms with van der Waals surface area (Å²) >= 11 is 0. The Hall–Kier alpha value is -3.03. The summed E-state index contributed by atoms with van der Waals surface area (Å²) < 4.78 is 5.72. The molecule has 2 amide bonds. The fourth-order valence-electron chi connectivity index (χ4n) is 3.21. The van der Waals surface area contributed by atoms with Gasteiger partial charge in [-0.3, -0.25) is 14.4 Å². The van der Waals surface area contributed by atoms with Crippen LogP contribution in [0.15, 0.2) is 35.6 Å². The number of carboxylic acid groups (broad SMARTS) is 1. The second kappa shape index (κ2) is 8.14. The number of carboxylic acids is 1. The molecule has 0 bridgehead atoms. The molecule has 8 nitrogen and oxygen atoms in total. The number of rotatable bonds is 8. The molecule has 0 radical (unpaired) electrons. The Morgan fingerprint density at radius 1 is 1.24 bits per heavy atom. The Morgan fingerprint density at radius 3 is 2.48 bits per heavy atom. The number of aliphatic hydroxyl groups excluding tert-OH is 1. The van der Waals surface area contributed by atoms with Gasteiger partial charge in [-0.2, -0.15) is 0 Å². The quantitative estimate of drug-likeness (QED) is 0.572. The third kappa shape index (κ3) is 5.07. The number of aliphatic carboxylic acids is 1. The monoisotopic (exact) mass is 402 g/mol. The van der Waals surface area contributed by atoms with Gasteiger partial charge in [0.05, 0.1) is 6.61 Å². The van der Waals surface area contributed by atoms with Crippen LogP contribution in [-0.4, -0.2) is 52.6 Å². The largest absolute Gasteiger partial charge is 0.511 e. The van der Waals surface area contributed by atoms with Crippen molar-refractivity contribution in [2.24, 2.45) is 11.3 Å². The van der Waals surface area contributed by atoms with Crippen molar-refractivity contribution in [1.82, 2.24) is 10.2 Å². The summed E-state index contributed by atoms with van der Waals surface area (Å²) in [7, 11) is 0. The molecule has 1 aromatic rings. The van der Waals surface area contributed by atoms with Crippen molar-refractivity contribution in [1.29, 1.82) is 0 Å². The average molecular weight is 402 g/mol. The average Bonchev–Trinajstić information content (AvgIpc) is 3.48. The van der Waals surface area contributed by atoms with Gasteiger partial charge < -0.3 is 25.2 Å². The molecule has 0 saturated heterocycles. The minimum absolute atomic E-state index is 0.229. The number of carbonyl (C=O) groups is 3. The van der Waals surface area contributed by atoms with Gasteiger partial charge in [0.2, 0.25) is 0 Å². The van der Waals surface area contributed by atoms with Crippen LogP contribution < -0.4 is 10.1 Å². The number of ether oxygens (including phenoxy) is 1. The standard InChI is InChI=1S/C21H26N2O6/c1-21(2)12-23(20(28)17(18(21)26)19(27)22-9-16(24)25)10-13-5-7-15(8-6-13)29-11-14-3-4-14/h5-8,14,26H,3-4,9-12H2,1-2H3,(H,22,27)(H,24,25). The molecule has 3 rings (SSSR count). The van der Waals surface area contributed by atoms with Crippen LogP contribution in [0.1, 0.15) is 32.3 Å². The van der Waals surface area contributed by atoms with E-state index in [-0.39, 0.29) is 18.8 Å². The summed E-state index contributed by atoms with van der Waals surface area (Å²) in [5.41, 5.74) is -0.386. The topological polar surface area (TPSA) is 116 Å². The lowest BCUT2D eigenvalue weighted by atomic mass is 9.83. The highest BCUT2D eigenvalue weighted by Crippen LogP contribution is 2.34. The third-order valence-electron chi connectivity index (χ3n) is 5.07. The maximum atomic E-state index is 12.8. The minimum atomic E-state index is -1.23. The Morgan fingerprint density at radius 2 is 1.90 bits per heavy atom. The van der Waals surface area contributed by atoms with Crippen molar-refractivity contribution in [2.45, 2.75) is 33.2 Å². The number of aliphatic hydroxyl groups is 1. The van der Waals surface area contributed by atoms with Crippen LogP contribution in [0.2, 0.25) is 0 Å². The van der Waals surface area contributed by atoms with Crippen LogP contribution in [0.4, 0.5) is 0 Å². The number of benzene rings is 1.